The fourth-order valence-electron chi connectivity index (χ4n) is 6.01. The number of primary amides is 1. The van der Waals surface area contributed by atoms with Crippen molar-refractivity contribution in [2.45, 2.75) is 37.1 Å². The lowest BCUT2D eigenvalue weighted by Gasteiger charge is -2.35. The van der Waals surface area contributed by atoms with Crippen molar-refractivity contribution in [3.63, 3.8) is 0 Å². The number of allylic oxidation sites excluding steroid dienone is 1. The maximum absolute atomic E-state index is 11.6. The molecule has 2 aliphatic rings. The van der Waals surface area contributed by atoms with Crippen molar-refractivity contribution in [2.75, 3.05) is 13.4 Å². The van der Waals surface area contributed by atoms with E-state index in [1.54, 1.807) is 18.2 Å². The molecule has 1 atom stereocenters. The predicted molar refractivity (Wildman–Crippen MR) is 165 cm³/mol. The molecule has 2 N–H and O–H groups in total. The first-order valence-electron chi connectivity index (χ1n) is 14.4. The zero-order valence-electron chi connectivity index (χ0n) is 23.4. The minimum atomic E-state index is -0.468. The Kier molecular flexibility index (Phi) is 8.04. The molecule has 212 valence electrons. The molecule has 0 bridgehead atoms. The molecule has 0 spiro atoms. The van der Waals surface area contributed by atoms with Crippen LogP contribution in [0.15, 0.2) is 120 Å². The highest BCUT2D eigenvalue weighted by atomic mass is 16.7. The Labute approximate surface area is 246 Å². The van der Waals surface area contributed by atoms with Crippen LogP contribution in [-0.2, 0) is 6.42 Å². The fraction of sp³-hybridized carbons (Fsp3) is 0.222. The van der Waals surface area contributed by atoms with E-state index in [9.17, 15) is 4.79 Å². The first-order valence-corrected chi connectivity index (χ1v) is 14.4. The van der Waals surface area contributed by atoms with Crippen molar-refractivity contribution in [3.8, 4) is 17.2 Å². The molecule has 1 amide bonds. The molecule has 0 fully saturated rings. The molecular formula is C36H34N2O4. The lowest BCUT2D eigenvalue weighted by atomic mass is 9.73. The second-order valence-corrected chi connectivity index (χ2v) is 10.8. The Hall–Kier alpha value is -4.84. The third kappa shape index (κ3) is 5.93. The number of hydrogen-bond acceptors (Lipinski definition) is 5. The van der Waals surface area contributed by atoms with Crippen molar-refractivity contribution in [1.82, 2.24) is 0 Å². The Balaban J connectivity index is 1.28. The Morgan fingerprint density at radius 1 is 0.905 bits per heavy atom. The second kappa shape index (κ2) is 12.4. The number of para-hydroxylation sites is 1. The van der Waals surface area contributed by atoms with E-state index in [1.807, 2.05) is 24.4 Å². The molecule has 1 unspecified atom stereocenters. The van der Waals surface area contributed by atoms with Gasteiger partial charge in [-0.3, -0.25) is 9.79 Å². The first-order chi connectivity index (χ1) is 20.6. The predicted octanol–water partition coefficient (Wildman–Crippen LogP) is 6.89. The zero-order chi connectivity index (χ0) is 28.8. The van der Waals surface area contributed by atoms with Crippen LogP contribution in [-0.4, -0.2) is 31.1 Å². The summed E-state index contributed by atoms with van der Waals surface area (Å²) >= 11 is 0. The number of aliphatic imine (C=N–C) groups is 1. The summed E-state index contributed by atoms with van der Waals surface area (Å²) in [6, 6.07) is 34.4. The number of fused-ring (bicyclic) bond motifs is 1. The SMILES string of the molecule is NC(=O)c1cccc(OCCCC2(CC(c3ccccc3)c3ccccc3)N=CC=C2Cc2cccc3c2OCO3)c1. The van der Waals surface area contributed by atoms with Crippen LogP contribution in [0.1, 0.15) is 52.2 Å². The molecule has 6 heteroatoms. The van der Waals surface area contributed by atoms with E-state index < -0.39 is 11.4 Å². The average molecular weight is 559 g/mol. The molecule has 42 heavy (non-hydrogen) atoms. The maximum Gasteiger partial charge on any atom is 0.248 e. The summed E-state index contributed by atoms with van der Waals surface area (Å²) in [5.41, 5.74) is 10.3. The lowest BCUT2D eigenvalue weighted by Crippen LogP contribution is -2.32. The molecule has 0 saturated carbocycles. The van der Waals surface area contributed by atoms with Gasteiger partial charge in [-0.25, -0.2) is 0 Å². The largest absolute Gasteiger partial charge is 0.494 e. The van der Waals surface area contributed by atoms with Gasteiger partial charge >= 0.3 is 0 Å². The normalized spacial score (nSPS) is 16.9. The molecule has 4 aromatic rings. The molecule has 0 aliphatic carbocycles. The molecule has 0 saturated heterocycles. The molecule has 2 heterocycles. The van der Waals surface area contributed by atoms with Crippen LogP contribution in [0.3, 0.4) is 0 Å². The number of hydrogen-bond donors (Lipinski definition) is 1. The number of nitrogens with zero attached hydrogens (tertiary/aromatic N) is 1. The summed E-state index contributed by atoms with van der Waals surface area (Å²) in [4.78, 5) is 16.8. The number of amides is 1. The van der Waals surface area contributed by atoms with Crippen LogP contribution >= 0.6 is 0 Å². The minimum Gasteiger partial charge on any atom is -0.494 e. The van der Waals surface area contributed by atoms with Gasteiger partial charge in [0.05, 0.1) is 12.1 Å². The van der Waals surface area contributed by atoms with Crippen LogP contribution in [0.25, 0.3) is 0 Å². The van der Waals surface area contributed by atoms with E-state index in [1.165, 1.54) is 16.7 Å². The van der Waals surface area contributed by atoms with E-state index in [0.717, 1.165) is 36.3 Å². The second-order valence-electron chi connectivity index (χ2n) is 10.8. The van der Waals surface area contributed by atoms with Crippen LogP contribution in [0, 0.1) is 0 Å². The van der Waals surface area contributed by atoms with Crippen molar-refractivity contribution in [3.05, 3.63) is 137 Å². The number of benzene rings is 4. The van der Waals surface area contributed by atoms with E-state index in [0.29, 0.717) is 24.3 Å². The summed E-state index contributed by atoms with van der Waals surface area (Å²) in [7, 11) is 0. The van der Waals surface area contributed by atoms with Gasteiger partial charge < -0.3 is 19.9 Å². The quantitative estimate of drug-likeness (QED) is 0.192. The average Bonchev–Trinajstić information content (AvgIpc) is 3.67. The van der Waals surface area contributed by atoms with Gasteiger partial charge in [0.2, 0.25) is 12.7 Å². The highest BCUT2D eigenvalue weighted by Crippen LogP contribution is 2.45. The van der Waals surface area contributed by atoms with Crippen LogP contribution in [0.2, 0.25) is 0 Å². The van der Waals surface area contributed by atoms with E-state index in [2.05, 4.69) is 72.8 Å². The van der Waals surface area contributed by atoms with Gasteiger partial charge in [0.1, 0.15) is 5.75 Å². The van der Waals surface area contributed by atoms with Gasteiger partial charge in [-0.15, -0.1) is 0 Å². The minimum absolute atomic E-state index is 0.153. The summed E-state index contributed by atoms with van der Waals surface area (Å²) in [6.07, 6.45) is 7.22. The molecule has 0 aromatic heterocycles. The van der Waals surface area contributed by atoms with Gasteiger partial charge in [-0.2, -0.15) is 0 Å². The molecule has 2 aliphatic heterocycles. The first kappa shape index (κ1) is 27.3. The van der Waals surface area contributed by atoms with Crippen molar-refractivity contribution < 1.29 is 19.0 Å². The molecule has 6 nitrogen and oxygen atoms in total. The standard InChI is InChI=1S/C36H34N2O4/c37-35(39)29-15-7-16-31(23-29)40-21-9-19-36(24-32(26-10-3-1-4-11-26)27-12-5-2-6-13-27)30(18-20-38-36)22-28-14-8-17-33-34(28)42-25-41-33/h1-8,10-18,20,23,32H,9,19,21-22,24-25H2,(H2,37,39). The number of ether oxygens (including phenoxy) is 3. The van der Waals surface area contributed by atoms with Crippen molar-refractivity contribution in [1.29, 1.82) is 0 Å². The summed E-state index contributed by atoms with van der Waals surface area (Å²) < 4.78 is 17.6. The van der Waals surface area contributed by atoms with Gasteiger partial charge in [-0.1, -0.05) is 78.9 Å². The summed E-state index contributed by atoms with van der Waals surface area (Å²) in [6.45, 7) is 0.733. The number of rotatable bonds is 12. The van der Waals surface area contributed by atoms with Gasteiger partial charge in [0.25, 0.3) is 0 Å². The smallest absolute Gasteiger partial charge is 0.248 e. The van der Waals surface area contributed by atoms with Crippen LogP contribution < -0.4 is 19.9 Å². The molecule has 4 aromatic carbocycles. The summed E-state index contributed by atoms with van der Waals surface area (Å²) in [5.74, 6) is 1.93. The monoisotopic (exact) mass is 558 g/mol. The Morgan fingerprint density at radius 2 is 1.64 bits per heavy atom. The highest BCUT2D eigenvalue weighted by molar-refractivity contribution is 5.93. The molecular weight excluding hydrogens is 524 g/mol. The topological polar surface area (TPSA) is 83.1 Å². The van der Waals surface area contributed by atoms with E-state index in [-0.39, 0.29) is 12.7 Å². The van der Waals surface area contributed by atoms with E-state index in [4.69, 9.17) is 24.9 Å². The number of carbonyl (C=O) groups is 1. The third-order valence-electron chi connectivity index (χ3n) is 8.12. The van der Waals surface area contributed by atoms with Gasteiger partial charge in [-0.05, 0) is 72.7 Å². The van der Waals surface area contributed by atoms with Crippen LogP contribution in [0.5, 0.6) is 17.2 Å². The zero-order valence-corrected chi connectivity index (χ0v) is 23.4. The van der Waals surface area contributed by atoms with Crippen LogP contribution in [0.4, 0.5) is 0 Å². The fourth-order valence-corrected chi connectivity index (χ4v) is 6.01. The highest BCUT2D eigenvalue weighted by Gasteiger charge is 2.39. The van der Waals surface area contributed by atoms with Gasteiger partial charge in [0.15, 0.2) is 11.5 Å². The maximum atomic E-state index is 11.6. The number of carbonyl (C=O) groups excluding carboxylic acids is 1. The third-order valence-corrected chi connectivity index (χ3v) is 8.12. The Morgan fingerprint density at radius 3 is 2.38 bits per heavy atom. The Bertz CT molecular complexity index is 1560. The molecule has 0 radical (unpaired) electrons. The summed E-state index contributed by atoms with van der Waals surface area (Å²) in [5, 5.41) is 0. The molecule has 6 rings (SSSR count). The number of nitrogens with two attached hydrogens (primary N) is 1. The van der Waals surface area contributed by atoms with Gasteiger partial charge in [0, 0.05) is 23.3 Å². The van der Waals surface area contributed by atoms with E-state index >= 15 is 0 Å². The van der Waals surface area contributed by atoms with Crippen molar-refractivity contribution in [2.24, 2.45) is 10.7 Å². The lowest BCUT2D eigenvalue weighted by molar-refractivity contribution is 0.0999. The van der Waals surface area contributed by atoms with Crippen molar-refractivity contribution >= 4 is 12.1 Å².